The van der Waals surface area contributed by atoms with E-state index in [0.29, 0.717) is 17.2 Å². The number of carbonyl (C=O) groups is 1. The monoisotopic (exact) mass is 315 g/mol. The number of rotatable bonds is 4. The Bertz CT molecular complexity index is 685. The van der Waals surface area contributed by atoms with Gasteiger partial charge in [0.25, 0.3) is 0 Å². The van der Waals surface area contributed by atoms with Crippen LogP contribution in [0, 0.1) is 6.92 Å². The van der Waals surface area contributed by atoms with Gasteiger partial charge in [0.2, 0.25) is 12.7 Å². The largest absolute Gasteiger partial charge is 0.454 e. The lowest BCUT2D eigenvalue weighted by Gasteiger charge is -2.12. The highest BCUT2D eigenvalue weighted by Crippen LogP contribution is 2.34. The molecule has 2 aromatic carbocycles. The van der Waals surface area contributed by atoms with Crippen LogP contribution >= 0.6 is 11.8 Å². The van der Waals surface area contributed by atoms with Crippen molar-refractivity contribution >= 4 is 23.4 Å². The number of nitrogens with one attached hydrogen (secondary N) is 1. The van der Waals surface area contributed by atoms with Crippen molar-refractivity contribution in [2.45, 2.75) is 24.0 Å². The van der Waals surface area contributed by atoms with Crippen LogP contribution in [-0.2, 0) is 4.79 Å². The fourth-order valence-electron chi connectivity index (χ4n) is 2.09. The van der Waals surface area contributed by atoms with Crippen LogP contribution in [0.5, 0.6) is 11.5 Å². The molecule has 0 aliphatic carbocycles. The summed E-state index contributed by atoms with van der Waals surface area (Å²) < 4.78 is 10.6. The van der Waals surface area contributed by atoms with Crippen molar-refractivity contribution in [1.29, 1.82) is 0 Å². The highest BCUT2D eigenvalue weighted by Gasteiger charge is 2.17. The predicted molar refractivity (Wildman–Crippen MR) is 87.7 cm³/mol. The molecule has 22 heavy (non-hydrogen) atoms. The smallest absolute Gasteiger partial charge is 0.237 e. The molecule has 0 bridgehead atoms. The summed E-state index contributed by atoms with van der Waals surface area (Å²) >= 11 is 1.54. The average Bonchev–Trinajstić information content (AvgIpc) is 2.97. The summed E-state index contributed by atoms with van der Waals surface area (Å²) in [6.45, 7) is 4.17. The van der Waals surface area contributed by atoms with E-state index in [1.54, 1.807) is 12.1 Å². The second-order valence-corrected chi connectivity index (χ2v) is 6.54. The number of hydrogen-bond acceptors (Lipinski definition) is 4. The van der Waals surface area contributed by atoms with Crippen LogP contribution in [0.1, 0.15) is 12.5 Å². The standard InChI is InChI=1S/C17H17NO3S/c1-11-3-6-14(7-4-11)22-12(2)17(19)18-13-5-8-15-16(9-13)21-10-20-15/h3-9,12H,10H2,1-2H3,(H,18,19). The minimum absolute atomic E-state index is 0.0376. The third-order valence-corrected chi connectivity index (χ3v) is 4.46. The molecule has 1 N–H and O–H groups in total. The zero-order valence-corrected chi connectivity index (χ0v) is 13.3. The topological polar surface area (TPSA) is 47.6 Å². The Labute approximate surface area is 133 Å². The van der Waals surface area contributed by atoms with Crippen molar-refractivity contribution in [3.63, 3.8) is 0 Å². The van der Waals surface area contributed by atoms with E-state index in [0.717, 1.165) is 4.90 Å². The number of ether oxygens (including phenoxy) is 2. The molecule has 1 heterocycles. The van der Waals surface area contributed by atoms with E-state index in [2.05, 4.69) is 5.32 Å². The second kappa shape index (κ2) is 6.32. The summed E-state index contributed by atoms with van der Waals surface area (Å²) in [4.78, 5) is 13.4. The van der Waals surface area contributed by atoms with Crippen LogP contribution < -0.4 is 14.8 Å². The lowest BCUT2D eigenvalue weighted by atomic mass is 10.2. The Kier molecular flexibility index (Phi) is 4.24. The molecule has 3 rings (SSSR count). The van der Waals surface area contributed by atoms with Gasteiger partial charge in [-0.05, 0) is 38.1 Å². The van der Waals surface area contributed by atoms with Crippen LogP contribution in [0.25, 0.3) is 0 Å². The van der Waals surface area contributed by atoms with Gasteiger partial charge in [0.1, 0.15) is 0 Å². The molecule has 1 unspecified atom stereocenters. The molecule has 114 valence electrons. The molecule has 2 aromatic rings. The van der Waals surface area contributed by atoms with Gasteiger partial charge in [0.15, 0.2) is 11.5 Å². The molecule has 0 saturated carbocycles. The molecule has 0 saturated heterocycles. The fraction of sp³-hybridized carbons (Fsp3) is 0.235. The molecule has 5 heteroatoms. The average molecular weight is 315 g/mol. The predicted octanol–water partition coefficient (Wildman–Crippen LogP) is 3.84. The van der Waals surface area contributed by atoms with Crippen LogP contribution in [-0.4, -0.2) is 18.0 Å². The first kappa shape index (κ1) is 14.8. The van der Waals surface area contributed by atoms with Crippen LogP contribution in [0.2, 0.25) is 0 Å². The number of benzene rings is 2. The van der Waals surface area contributed by atoms with Gasteiger partial charge in [-0.25, -0.2) is 0 Å². The van der Waals surface area contributed by atoms with Crippen molar-refractivity contribution in [2.24, 2.45) is 0 Å². The van der Waals surface area contributed by atoms with Crippen molar-refractivity contribution < 1.29 is 14.3 Å². The highest BCUT2D eigenvalue weighted by molar-refractivity contribution is 8.00. The van der Waals surface area contributed by atoms with Gasteiger partial charge in [0.05, 0.1) is 5.25 Å². The Morgan fingerprint density at radius 1 is 1.14 bits per heavy atom. The lowest BCUT2D eigenvalue weighted by Crippen LogP contribution is -2.22. The highest BCUT2D eigenvalue weighted by atomic mass is 32.2. The Balaban J connectivity index is 1.62. The van der Waals surface area contributed by atoms with Crippen molar-refractivity contribution in [2.75, 3.05) is 12.1 Å². The molecule has 1 aliphatic heterocycles. The van der Waals surface area contributed by atoms with E-state index in [9.17, 15) is 4.79 Å². The van der Waals surface area contributed by atoms with Gasteiger partial charge in [-0.2, -0.15) is 0 Å². The number of thioether (sulfide) groups is 1. The van der Waals surface area contributed by atoms with Gasteiger partial charge in [-0.15, -0.1) is 11.8 Å². The quantitative estimate of drug-likeness (QED) is 0.871. The number of carbonyl (C=O) groups excluding carboxylic acids is 1. The summed E-state index contributed by atoms with van der Waals surface area (Å²) in [5.74, 6) is 1.33. The molecular formula is C17H17NO3S. The number of fused-ring (bicyclic) bond motifs is 1. The number of amides is 1. The van der Waals surface area contributed by atoms with E-state index >= 15 is 0 Å². The van der Waals surface area contributed by atoms with E-state index in [4.69, 9.17) is 9.47 Å². The van der Waals surface area contributed by atoms with Gasteiger partial charge < -0.3 is 14.8 Å². The van der Waals surface area contributed by atoms with Gasteiger partial charge in [-0.1, -0.05) is 17.7 Å². The summed E-state index contributed by atoms with van der Waals surface area (Å²) in [7, 11) is 0. The van der Waals surface area contributed by atoms with E-state index in [1.807, 2.05) is 44.2 Å². The minimum Gasteiger partial charge on any atom is -0.454 e. The molecule has 0 radical (unpaired) electrons. The number of anilines is 1. The number of aryl methyl sites for hydroxylation is 1. The zero-order valence-electron chi connectivity index (χ0n) is 12.5. The van der Waals surface area contributed by atoms with Gasteiger partial charge >= 0.3 is 0 Å². The molecule has 0 fully saturated rings. The first-order valence-corrected chi connectivity index (χ1v) is 7.93. The number of hydrogen-bond donors (Lipinski definition) is 1. The maximum atomic E-state index is 12.3. The van der Waals surface area contributed by atoms with Crippen molar-refractivity contribution in [3.8, 4) is 11.5 Å². The molecule has 4 nitrogen and oxygen atoms in total. The molecule has 1 atom stereocenters. The van der Waals surface area contributed by atoms with Gasteiger partial charge in [-0.3, -0.25) is 4.79 Å². The molecular weight excluding hydrogens is 298 g/mol. The third kappa shape index (κ3) is 3.36. The summed E-state index contributed by atoms with van der Waals surface area (Å²) in [6, 6.07) is 13.6. The Morgan fingerprint density at radius 2 is 1.86 bits per heavy atom. The SMILES string of the molecule is Cc1ccc(SC(C)C(=O)Nc2ccc3c(c2)OCO3)cc1. The van der Waals surface area contributed by atoms with Crippen LogP contribution in [0.3, 0.4) is 0 Å². The fourth-order valence-corrected chi connectivity index (χ4v) is 2.96. The van der Waals surface area contributed by atoms with Crippen LogP contribution in [0.4, 0.5) is 5.69 Å². The first-order valence-electron chi connectivity index (χ1n) is 7.05. The molecule has 0 spiro atoms. The maximum absolute atomic E-state index is 12.3. The summed E-state index contributed by atoms with van der Waals surface area (Å²) in [5, 5.41) is 2.72. The molecule has 1 amide bonds. The second-order valence-electron chi connectivity index (χ2n) is 5.13. The van der Waals surface area contributed by atoms with Crippen molar-refractivity contribution in [3.05, 3.63) is 48.0 Å². The molecule has 0 aromatic heterocycles. The Morgan fingerprint density at radius 3 is 2.64 bits per heavy atom. The first-order chi connectivity index (χ1) is 10.6. The van der Waals surface area contributed by atoms with E-state index in [1.165, 1.54) is 17.3 Å². The van der Waals surface area contributed by atoms with Crippen LogP contribution in [0.15, 0.2) is 47.4 Å². The normalized spacial score (nSPS) is 13.7. The summed E-state index contributed by atoms with van der Waals surface area (Å²) in [6.07, 6.45) is 0. The minimum atomic E-state index is -0.187. The lowest BCUT2D eigenvalue weighted by molar-refractivity contribution is -0.115. The van der Waals surface area contributed by atoms with Gasteiger partial charge in [0, 0.05) is 16.6 Å². The van der Waals surface area contributed by atoms with E-state index in [-0.39, 0.29) is 18.0 Å². The summed E-state index contributed by atoms with van der Waals surface area (Å²) in [5.41, 5.74) is 1.92. The molecule has 1 aliphatic rings. The maximum Gasteiger partial charge on any atom is 0.237 e. The zero-order chi connectivity index (χ0) is 15.5. The van der Waals surface area contributed by atoms with E-state index < -0.39 is 0 Å². The Hall–Kier alpha value is -2.14. The van der Waals surface area contributed by atoms with Crippen molar-refractivity contribution in [1.82, 2.24) is 0 Å². The third-order valence-electron chi connectivity index (χ3n) is 3.34.